The predicted molar refractivity (Wildman–Crippen MR) is 55.1 cm³/mol. The molecule has 1 atom stereocenters. The van der Waals surface area contributed by atoms with Gasteiger partial charge in [-0.3, -0.25) is 24.1 Å². The Morgan fingerprint density at radius 3 is 1.53 bits per heavy atom. The van der Waals surface area contributed by atoms with Crippen LogP contribution in [0.5, 0.6) is 0 Å². The topological polar surface area (TPSA) is 152 Å². The Hall–Kier alpha value is -1.16. The molecule has 10 heteroatoms. The first-order valence-electron chi connectivity index (χ1n) is 4.86. The van der Waals surface area contributed by atoms with Crippen LogP contribution in [0.15, 0.2) is 0 Å². The molecule has 19 heavy (non-hydrogen) atoms. The number of nitrogens with zero attached hydrogens (tertiary/aromatic N) is 1. The van der Waals surface area contributed by atoms with Gasteiger partial charge in [-0.15, -0.1) is 0 Å². The third-order valence-electron chi connectivity index (χ3n) is 2.03. The maximum absolute atomic E-state index is 10.9. The van der Waals surface area contributed by atoms with E-state index >= 15 is 0 Å². The number of hydrogen-bond donors (Lipinski definition) is 4. The van der Waals surface area contributed by atoms with E-state index in [0.29, 0.717) is 4.90 Å². The van der Waals surface area contributed by atoms with E-state index in [-0.39, 0.29) is 36.0 Å². The quantitative estimate of drug-likeness (QED) is 0.309. The summed E-state index contributed by atoms with van der Waals surface area (Å²) in [5, 5.41) is 34.4. The summed E-state index contributed by atoms with van der Waals surface area (Å²) in [6.07, 6.45) is -0.863. The Kier molecular flexibility index (Phi) is 10.3. The fraction of sp³-hybridized carbons (Fsp3) is 0.556. The van der Waals surface area contributed by atoms with Crippen molar-refractivity contribution in [3.63, 3.8) is 0 Å². The van der Waals surface area contributed by atoms with Gasteiger partial charge in [0.1, 0.15) is 6.04 Å². The van der Waals surface area contributed by atoms with Gasteiger partial charge in [-0.2, -0.15) is 0 Å². The van der Waals surface area contributed by atoms with Crippen molar-refractivity contribution < 1.29 is 69.2 Å². The van der Waals surface area contributed by atoms with Crippen LogP contribution >= 0.6 is 0 Å². The van der Waals surface area contributed by atoms with E-state index in [1.165, 1.54) is 0 Å². The van der Waals surface area contributed by atoms with Gasteiger partial charge in [0.25, 0.3) is 0 Å². The SMILES string of the molecule is O=C(O)CC[C@@H](C(=O)O)N(CC(=O)O)CC(=O)O.[Na+]. The maximum Gasteiger partial charge on any atom is 1.00 e. The van der Waals surface area contributed by atoms with E-state index in [1.54, 1.807) is 0 Å². The summed E-state index contributed by atoms with van der Waals surface area (Å²) >= 11 is 0. The molecule has 0 heterocycles. The minimum atomic E-state index is -1.46. The number of carboxylic acids is 4. The minimum absolute atomic E-state index is 0. The Morgan fingerprint density at radius 2 is 1.26 bits per heavy atom. The Balaban J connectivity index is 0. The summed E-state index contributed by atoms with van der Waals surface area (Å²) in [5.74, 6) is -5.48. The standard InChI is InChI=1S/C9H13NO8.Na/c11-6(12)2-1-5(9(17)18)10(3-7(13)14)4-8(15)16;/h5H,1-4H2,(H,11,12)(H,13,14)(H,15,16)(H,17,18);/q;+1/t5-;/m0./s1. The van der Waals surface area contributed by atoms with E-state index < -0.39 is 49.4 Å². The van der Waals surface area contributed by atoms with Crippen molar-refractivity contribution >= 4 is 23.9 Å². The van der Waals surface area contributed by atoms with Gasteiger partial charge in [0.2, 0.25) is 0 Å². The molecule has 4 N–H and O–H groups in total. The molecule has 0 fully saturated rings. The first-order valence-corrected chi connectivity index (χ1v) is 4.86. The number of carboxylic acid groups (broad SMARTS) is 4. The fourth-order valence-electron chi connectivity index (χ4n) is 1.35. The largest absolute Gasteiger partial charge is 1.00 e. The van der Waals surface area contributed by atoms with Gasteiger partial charge in [0, 0.05) is 6.42 Å². The second-order valence-electron chi connectivity index (χ2n) is 3.48. The van der Waals surface area contributed by atoms with Crippen LogP contribution in [0.3, 0.4) is 0 Å². The smallest absolute Gasteiger partial charge is 0.481 e. The normalized spacial score (nSPS) is 11.4. The molecule has 0 aliphatic rings. The van der Waals surface area contributed by atoms with Gasteiger partial charge >= 0.3 is 53.4 Å². The van der Waals surface area contributed by atoms with E-state index in [1.807, 2.05) is 0 Å². The van der Waals surface area contributed by atoms with Crippen molar-refractivity contribution in [2.75, 3.05) is 13.1 Å². The van der Waals surface area contributed by atoms with Crippen molar-refractivity contribution in [2.24, 2.45) is 0 Å². The number of rotatable bonds is 9. The summed E-state index contributed by atoms with van der Waals surface area (Å²) in [6, 6.07) is -1.46. The van der Waals surface area contributed by atoms with Gasteiger partial charge in [-0.05, 0) is 6.42 Å². The average Bonchev–Trinajstić information content (AvgIpc) is 2.14. The van der Waals surface area contributed by atoms with E-state index in [2.05, 4.69) is 0 Å². The third-order valence-corrected chi connectivity index (χ3v) is 2.03. The van der Waals surface area contributed by atoms with E-state index in [0.717, 1.165) is 0 Å². The van der Waals surface area contributed by atoms with Crippen molar-refractivity contribution in [1.82, 2.24) is 4.90 Å². The second-order valence-corrected chi connectivity index (χ2v) is 3.48. The molecule has 0 radical (unpaired) electrons. The molecule has 9 nitrogen and oxygen atoms in total. The first kappa shape index (κ1) is 20.2. The van der Waals surface area contributed by atoms with E-state index in [4.69, 9.17) is 20.4 Å². The van der Waals surface area contributed by atoms with Crippen LogP contribution in [0, 0.1) is 0 Å². The monoisotopic (exact) mass is 286 g/mol. The summed E-state index contributed by atoms with van der Waals surface area (Å²) in [6.45, 7) is -1.58. The molecule has 0 aromatic carbocycles. The summed E-state index contributed by atoms with van der Waals surface area (Å²) in [7, 11) is 0. The molecule has 0 saturated carbocycles. The van der Waals surface area contributed by atoms with Gasteiger partial charge in [-0.1, -0.05) is 0 Å². The number of carbonyl (C=O) groups is 4. The van der Waals surface area contributed by atoms with Crippen LogP contribution in [-0.4, -0.2) is 68.3 Å². The van der Waals surface area contributed by atoms with Crippen LogP contribution in [-0.2, 0) is 19.2 Å². The molecule has 0 aliphatic heterocycles. The van der Waals surface area contributed by atoms with Crippen LogP contribution in [0.25, 0.3) is 0 Å². The fourth-order valence-corrected chi connectivity index (χ4v) is 1.35. The van der Waals surface area contributed by atoms with Crippen molar-refractivity contribution in [1.29, 1.82) is 0 Å². The minimum Gasteiger partial charge on any atom is -0.481 e. The summed E-state index contributed by atoms with van der Waals surface area (Å²) in [4.78, 5) is 43.0. The van der Waals surface area contributed by atoms with Gasteiger partial charge in [-0.25, -0.2) is 0 Å². The molecule has 102 valence electrons. The summed E-state index contributed by atoms with van der Waals surface area (Å²) < 4.78 is 0. The zero-order valence-corrected chi connectivity index (χ0v) is 12.3. The van der Waals surface area contributed by atoms with Crippen LogP contribution in [0.1, 0.15) is 12.8 Å². The number of aliphatic carboxylic acids is 4. The van der Waals surface area contributed by atoms with Crippen LogP contribution in [0.4, 0.5) is 0 Å². The maximum atomic E-state index is 10.9. The molecule has 0 amide bonds. The molecule has 0 unspecified atom stereocenters. The molecule has 0 aromatic rings. The Labute approximate surface area is 130 Å². The van der Waals surface area contributed by atoms with Crippen molar-refractivity contribution in [3.8, 4) is 0 Å². The van der Waals surface area contributed by atoms with E-state index in [9.17, 15) is 19.2 Å². The first-order chi connectivity index (χ1) is 8.23. The third kappa shape index (κ3) is 9.42. The predicted octanol–water partition coefficient (Wildman–Crippen LogP) is -4.22. The zero-order valence-electron chi connectivity index (χ0n) is 10.3. The molecule has 0 spiro atoms. The molecular formula is C9H13NNaO8+. The molecule has 0 aliphatic carbocycles. The van der Waals surface area contributed by atoms with Crippen molar-refractivity contribution in [2.45, 2.75) is 18.9 Å². The molecule has 0 aromatic heterocycles. The van der Waals surface area contributed by atoms with Crippen molar-refractivity contribution in [3.05, 3.63) is 0 Å². The average molecular weight is 286 g/mol. The molecule has 0 saturated heterocycles. The molecular weight excluding hydrogens is 273 g/mol. The van der Waals surface area contributed by atoms with Crippen LogP contribution < -0.4 is 29.6 Å². The summed E-state index contributed by atoms with van der Waals surface area (Å²) in [5.41, 5.74) is 0. The zero-order chi connectivity index (χ0) is 14.3. The molecule has 0 rings (SSSR count). The molecule has 0 bridgehead atoms. The Bertz CT molecular complexity index is 342. The Morgan fingerprint density at radius 1 is 0.842 bits per heavy atom. The van der Waals surface area contributed by atoms with Gasteiger partial charge < -0.3 is 20.4 Å². The van der Waals surface area contributed by atoms with Crippen LogP contribution in [0.2, 0.25) is 0 Å². The number of hydrogen-bond acceptors (Lipinski definition) is 5. The van der Waals surface area contributed by atoms with Gasteiger partial charge in [0.15, 0.2) is 0 Å². The second kappa shape index (κ2) is 9.73. The van der Waals surface area contributed by atoms with Gasteiger partial charge in [0.05, 0.1) is 13.1 Å².